The molecule has 3 atom stereocenters. The van der Waals surface area contributed by atoms with Crippen LogP contribution in [0.1, 0.15) is 25.8 Å². The van der Waals surface area contributed by atoms with Gasteiger partial charge in [-0.15, -0.1) is 0 Å². The van der Waals surface area contributed by atoms with Crippen LogP contribution in [0, 0.1) is 0 Å². The molecule has 0 aromatic heterocycles. The third kappa shape index (κ3) is 3.48. The van der Waals surface area contributed by atoms with E-state index in [0.29, 0.717) is 24.7 Å². The van der Waals surface area contributed by atoms with E-state index in [-0.39, 0.29) is 11.4 Å². The van der Waals surface area contributed by atoms with Crippen molar-refractivity contribution in [3.63, 3.8) is 0 Å². The Balaban J connectivity index is 2.13. The lowest BCUT2D eigenvalue weighted by Gasteiger charge is -2.16. The molecule has 1 aromatic rings. The second-order valence-electron chi connectivity index (χ2n) is 4.73. The average molecular weight is 283 g/mol. The Bertz CT molecular complexity index is 464. The summed E-state index contributed by atoms with van der Waals surface area (Å²) in [6, 6.07) is 5.50. The minimum Gasteiger partial charge on any atom is -0.494 e. The number of hydrogen-bond acceptors (Lipinski definition) is 4. The molecule has 2 rings (SSSR count). The molecular weight excluding hydrogens is 262 g/mol. The molecule has 1 aromatic carbocycles. The fraction of sp³-hybridized carbons (Fsp3) is 0.571. The molecule has 2 N–H and O–H groups in total. The van der Waals surface area contributed by atoms with Crippen molar-refractivity contribution in [2.24, 2.45) is 0 Å². The number of anilines is 1. The number of benzene rings is 1. The van der Waals surface area contributed by atoms with Gasteiger partial charge in [0.1, 0.15) is 5.75 Å². The van der Waals surface area contributed by atoms with E-state index in [1.54, 1.807) is 6.07 Å². The smallest absolute Gasteiger partial charge is 0.123 e. The molecule has 3 unspecified atom stereocenters. The summed E-state index contributed by atoms with van der Waals surface area (Å²) in [5.74, 6) is 1.25. The van der Waals surface area contributed by atoms with E-state index >= 15 is 0 Å². The first-order valence-corrected chi connectivity index (χ1v) is 8.00. The zero-order chi connectivity index (χ0) is 13.8. The monoisotopic (exact) mass is 283 g/mol. The van der Waals surface area contributed by atoms with Crippen molar-refractivity contribution in [2.45, 2.75) is 37.4 Å². The summed E-state index contributed by atoms with van der Waals surface area (Å²) in [5.41, 5.74) is 7.39. The Morgan fingerprint density at radius 2 is 2.32 bits per heavy atom. The normalized spacial score (nSPS) is 24.3. The van der Waals surface area contributed by atoms with Crippen LogP contribution >= 0.6 is 0 Å². The number of nitrogen functional groups attached to an aromatic ring is 1. The van der Waals surface area contributed by atoms with Crippen LogP contribution in [0.15, 0.2) is 18.2 Å². The van der Waals surface area contributed by atoms with Crippen molar-refractivity contribution in [1.82, 2.24) is 0 Å². The Morgan fingerprint density at radius 3 is 2.95 bits per heavy atom. The third-order valence-electron chi connectivity index (χ3n) is 3.33. The Morgan fingerprint density at radius 1 is 1.53 bits per heavy atom. The second-order valence-corrected chi connectivity index (χ2v) is 6.38. The van der Waals surface area contributed by atoms with Crippen LogP contribution in [0.3, 0.4) is 0 Å². The predicted molar refractivity (Wildman–Crippen MR) is 77.7 cm³/mol. The molecule has 0 amide bonds. The molecule has 0 bridgehead atoms. The Hall–Kier alpha value is -1.07. The molecule has 1 aliphatic rings. The summed E-state index contributed by atoms with van der Waals surface area (Å²) in [6.07, 6.45) is 0.928. The van der Waals surface area contributed by atoms with E-state index in [2.05, 4.69) is 0 Å². The van der Waals surface area contributed by atoms with Gasteiger partial charge in [0.15, 0.2) is 0 Å². The van der Waals surface area contributed by atoms with Crippen LogP contribution in [0.4, 0.5) is 5.69 Å². The lowest BCUT2D eigenvalue weighted by Crippen LogP contribution is -2.24. The molecule has 106 valence electrons. The number of rotatable bonds is 5. The summed E-state index contributed by atoms with van der Waals surface area (Å²) in [7, 11) is -0.959. The van der Waals surface area contributed by atoms with E-state index in [9.17, 15) is 4.21 Å². The van der Waals surface area contributed by atoms with Gasteiger partial charge >= 0.3 is 0 Å². The molecule has 1 heterocycles. The van der Waals surface area contributed by atoms with Gasteiger partial charge in [0, 0.05) is 28.7 Å². The number of nitrogens with two attached hydrogens (primary N) is 1. The van der Waals surface area contributed by atoms with Gasteiger partial charge in [0.2, 0.25) is 0 Å². The quantitative estimate of drug-likeness (QED) is 0.841. The summed E-state index contributed by atoms with van der Waals surface area (Å²) in [6.45, 7) is 5.21. The molecule has 1 aliphatic heterocycles. The average Bonchev–Trinajstić information content (AvgIpc) is 2.79. The molecule has 1 fully saturated rings. The maximum absolute atomic E-state index is 12.4. The summed E-state index contributed by atoms with van der Waals surface area (Å²) in [5, 5.41) is 0.107. The molecule has 5 heteroatoms. The second kappa shape index (κ2) is 6.39. The fourth-order valence-corrected chi connectivity index (χ4v) is 3.94. The first-order chi connectivity index (χ1) is 9.11. The molecule has 0 radical (unpaired) electrons. The van der Waals surface area contributed by atoms with Gasteiger partial charge in [0.05, 0.1) is 23.7 Å². The zero-order valence-corrected chi connectivity index (χ0v) is 12.2. The van der Waals surface area contributed by atoms with E-state index in [0.717, 1.165) is 17.7 Å². The van der Waals surface area contributed by atoms with E-state index in [4.69, 9.17) is 15.2 Å². The summed E-state index contributed by atoms with van der Waals surface area (Å²) >= 11 is 0. The highest BCUT2D eigenvalue weighted by molar-refractivity contribution is 7.84. The van der Waals surface area contributed by atoms with Crippen molar-refractivity contribution >= 4 is 16.5 Å². The largest absolute Gasteiger partial charge is 0.494 e. The van der Waals surface area contributed by atoms with Crippen molar-refractivity contribution in [1.29, 1.82) is 0 Å². The highest BCUT2D eigenvalue weighted by Crippen LogP contribution is 2.26. The van der Waals surface area contributed by atoms with Crippen molar-refractivity contribution in [3.05, 3.63) is 23.8 Å². The van der Waals surface area contributed by atoms with Gasteiger partial charge < -0.3 is 15.2 Å². The minimum absolute atomic E-state index is 0.0671. The van der Waals surface area contributed by atoms with Crippen LogP contribution in [-0.2, 0) is 21.3 Å². The van der Waals surface area contributed by atoms with Gasteiger partial charge in [-0.25, -0.2) is 0 Å². The first kappa shape index (κ1) is 14.3. The molecule has 0 spiro atoms. The van der Waals surface area contributed by atoms with Gasteiger partial charge in [-0.3, -0.25) is 4.21 Å². The molecule has 0 aliphatic carbocycles. The predicted octanol–water partition coefficient (Wildman–Crippen LogP) is 2.09. The van der Waals surface area contributed by atoms with Crippen LogP contribution in [0.25, 0.3) is 0 Å². The van der Waals surface area contributed by atoms with Crippen molar-refractivity contribution in [3.8, 4) is 5.75 Å². The highest BCUT2D eigenvalue weighted by Gasteiger charge is 2.30. The zero-order valence-electron chi connectivity index (χ0n) is 11.4. The molecule has 19 heavy (non-hydrogen) atoms. The van der Waals surface area contributed by atoms with Gasteiger partial charge in [-0.05, 0) is 38.5 Å². The van der Waals surface area contributed by atoms with Crippen molar-refractivity contribution in [2.75, 3.05) is 18.9 Å². The third-order valence-corrected chi connectivity index (χ3v) is 5.22. The highest BCUT2D eigenvalue weighted by atomic mass is 32.2. The summed E-state index contributed by atoms with van der Waals surface area (Å²) < 4.78 is 23.5. The molecule has 0 saturated carbocycles. The maximum atomic E-state index is 12.4. The molecular formula is C14H21NO3S. The molecule has 4 nitrogen and oxygen atoms in total. The van der Waals surface area contributed by atoms with Crippen LogP contribution in [0.5, 0.6) is 5.75 Å². The van der Waals surface area contributed by atoms with Gasteiger partial charge in [-0.2, -0.15) is 0 Å². The lowest BCUT2D eigenvalue weighted by molar-refractivity contribution is 0.127. The Kier molecular flexibility index (Phi) is 4.82. The van der Waals surface area contributed by atoms with Crippen LogP contribution < -0.4 is 10.5 Å². The van der Waals surface area contributed by atoms with Gasteiger partial charge in [-0.1, -0.05) is 0 Å². The van der Waals surface area contributed by atoms with Crippen LogP contribution in [-0.4, -0.2) is 28.8 Å². The van der Waals surface area contributed by atoms with Crippen LogP contribution in [0.2, 0.25) is 0 Å². The van der Waals surface area contributed by atoms with E-state index in [1.807, 2.05) is 26.0 Å². The standard InChI is InChI=1S/C14H21NO3S/c1-3-17-13-5-4-12(15)8-11(13)9-19(16)14-6-7-18-10(14)2/h4-5,8,10,14H,3,6-7,9,15H2,1-2H3. The van der Waals surface area contributed by atoms with E-state index < -0.39 is 10.8 Å². The maximum Gasteiger partial charge on any atom is 0.123 e. The Labute approximate surface area is 116 Å². The number of hydrogen-bond donors (Lipinski definition) is 1. The lowest BCUT2D eigenvalue weighted by atomic mass is 10.2. The van der Waals surface area contributed by atoms with E-state index in [1.165, 1.54) is 0 Å². The fourth-order valence-electron chi connectivity index (χ4n) is 2.33. The number of ether oxygens (including phenoxy) is 2. The van der Waals surface area contributed by atoms with Crippen molar-refractivity contribution < 1.29 is 13.7 Å². The van der Waals surface area contributed by atoms with Gasteiger partial charge in [0.25, 0.3) is 0 Å². The minimum atomic E-state index is -0.959. The molecule has 1 saturated heterocycles. The summed E-state index contributed by atoms with van der Waals surface area (Å²) in [4.78, 5) is 0. The first-order valence-electron chi connectivity index (χ1n) is 6.61. The topological polar surface area (TPSA) is 61.5 Å². The SMILES string of the molecule is CCOc1ccc(N)cc1CS(=O)C1CCOC1C.